The molecule has 0 aliphatic rings. The van der Waals surface area contributed by atoms with Crippen LogP contribution in [0.3, 0.4) is 0 Å². The Morgan fingerprint density at radius 1 is 1.00 bits per heavy atom. The van der Waals surface area contributed by atoms with E-state index in [-0.39, 0.29) is 18.2 Å². The lowest BCUT2D eigenvalue weighted by atomic mass is 10.0. The van der Waals surface area contributed by atoms with Crippen LogP contribution in [0.4, 0.5) is 4.39 Å². The fraction of sp³-hybridized carbons (Fsp3) is 0.286. The van der Waals surface area contributed by atoms with E-state index < -0.39 is 24.4 Å². The second-order valence-electron chi connectivity index (χ2n) is 8.22. The molecule has 0 unspecified atom stereocenters. The molecule has 0 heterocycles. The molecule has 1 atom stereocenters. The highest BCUT2D eigenvalue weighted by Crippen LogP contribution is 2.19. The highest BCUT2D eigenvalue weighted by Gasteiger charge is 2.30. The summed E-state index contributed by atoms with van der Waals surface area (Å²) in [6.45, 7) is 2.31. The third kappa shape index (κ3) is 8.11. The second kappa shape index (κ2) is 13.5. The van der Waals surface area contributed by atoms with E-state index in [9.17, 15) is 14.0 Å². The zero-order valence-electron chi connectivity index (χ0n) is 19.8. The number of ether oxygens (including phenoxy) is 1. The van der Waals surface area contributed by atoms with Crippen molar-refractivity contribution >= 4 is 23.4 Å². The van der Waals surface area contributed by atoms with Gasteiger partial charge in [-0.05, 0) is 41.8 Å². The Morgan fingerprint density at radius 3 is 2.43 bits per heavy atom. The summed E-state index contributed by atoms with van der Waals surface area (Å²) in [5, 5.41) is 3.49. The van der Waals surface area contributed by atoms with Crippen LogP contribution in [0.15, 0.2) is 78.9 Å². The number of carbonyl (C=O) groups excluding carboxylic acids is 2. The second-order valence-corrected chi connectivity index (χ2v) is 8.66. The minimum Gasteiger partial charge on any atom is -0.481 e. The van der Waals surface area contributed by atoms with Crippen LogP contribution >= 0.6 is 11.6 Å². The molecule has 0 saturated heterocycles. The first kappa shape index (κ1) is 26.2. The van der Waals surface area contributed by atoms with Crippen molar-refractivity contribution in [2.45, 2.75) is 38.8 Å². The van der Waals surface area contributed by atoms with Gasteiger partial charge in [-0.3, -0.25) is 9.59 Å². The molecular weight excluding hydrogens is 467 g/mol. The van der Waals surface area contributed by atoms with Crippen LogP contribution in [0.5, 0.6) is 5.75 Å². The molecule has 184 valence electrons. The van der Waals surface area contributed by atoms with Crippen molar-refractivity contribution in [1.29, 1.82) is 0 Å². The Labute approximate surface area is 210 Å². The van der Waals surface area contributed by atoms with Crippen molar-refractivity contribution < 1.29 is 18.7 Å². The summed E-state index contributed by atoms with van der Waals surface area (Å²) >= 11 is 6.17. The van der Waals surface area contributed by atoms with Crippen LogP contribution in [0.2, 0.25) is 5.02 Å². The summed E-state index contributed by atoms with van der Waals surface area (Å²) in [6.07, 6.45) is 2.10. The van der Waals surface area contributed by atoms with Gasteiger partial charge in [0.05, 0.1) is 0 Å². The number of hydrogen-bond donors (Lipinski definition) is 1. The monoisotopic (exact) mass is 496 g/mol. The number of nitrogens with zero attached hydrogens (tertiary/aromatic N) is 1. The highest BCUT2D eigenvalue weighted by atomic mass is 35.5. The molecule has 35 heavy (non-hydrogen) atoms. The Balaban J connectivity index is 1.89. The molecule has 0 fully saturated rings. The average Bonchev–Trinajstić information content (AvgIpc) is 2.86. The first-order chi connectivity index (χ1) is 17.0. The number of unbranched alkanes of at least 4 members (excludes halogenated alkanes) is 1. The number of benzene rings is 3. The summed E-state index contributed by atoms with van der Waals surface area (Å²) in [5.74, 6) is -1.25. The van der Waals surface area contributed by atoms with Crippen molar-refractivity contribution in [3.63, 3.8) is 0 Å². The van der Waals surface area contributed by atoms with E-state index >= 15 is 0 Å². The quantitative estimate of drug-likeness (QED) is 0.341. The van der Waals surface area contributed by atoms with E-state index in [1.54, 1.807) is 30.3 Å². The summed E-state index contributed by atoms with van der Waals surface area (Å²) < 4.78 is 19.5. The molecule has 1 N–H and O–H groups in total. The number of para-hydroxylation sites is 1. The molecule has 0 radical (unpaired) electrons. The maximum Gasteiger partial charge on any atom is 0.261 e. The van der Waals surface area contributed by atoms with E-state index in [0.717, 1.165) is 24.0 Å². The fourth-order valence-corrected chi connectivity index (χ4v) is 3.89. The number of hydrogen-bond acceptors (Lipinski definition) is 3. The van der Waals surface area contributed by atoms with Crippen molar-refractivity contribution in [1.82, 2.24) is 10.2 Å². The molecule has 2 amide bonds. The van der Waals surface area contributed by atoms with E-state index in [1.807, 2.05) is 43.3 Å². The van der Waals surface area contributed by atoms with E-state index in [2.05, 4.69) is 5.32 Å². The van der Waals surface area contributed by atoms with E-state index in [4.69, 9.17) is 16.3 Å². The van der Waals surface area contributed by atoms with Gasteiger partial charge in [0.25, 0.3) is 5.91 Å². The van der Waals surface area contributed by atoms with Gasteiger partial charge in [-0.25, -0.2) is 4.39 Å². The molecular formula is C28H30ClFN2O3. The average molecular weight is 497 g/mol. The van der Waals surface area contributed by atoms with Gasteiger partial charge in [-0.15, -0.1) is 0 Å². The van der Waals surface area contributed by atoms with Crippen LogP contribution in [0.1, 0.15) is 30.9 Å². The Kier molecular flexibility index (Phi) is 10.1. The normalized spacial score (nSPS) is 11.5. The van der Waals surface area contributed by atoms with Crippen LogP contribution in [-0.4, -0.2) is 35.9 Å². The Bertz CT molecular complexity index is 1110. The Morgan fingerprint density at radius 2 is 1.71 bits per heavy atom. The lowest BCUT2D eigenvalue weighted by Crippen LogP contribution is -2.51. The van der Waals surface area contributed by atoms with Gasteiger partial charge in [-0.2, -0.15) is 0 Å². The molecule has 0 aliphatic heterocycles. The van der Waals surface area contributed by atoms with Crippen LogP contribution in [-0.2, 0) is 22.6 Å². The molecule has 0 bridgehead atoms. The lowest BCUT2D eigenvalue weighted by molar-refractivity contribution is -0.142. The zero-order valence-corrected chi connectivity index (χ0v) is 20.5. The van der Waals surface area contributed by atoms with E-state index in [0.29, 0.717) is 18.0 Å². The fourth-order valence-electron chi connectivity index (χ4n) is 3.68. The van der Waals surface area contributed by atoms with Gasteiger partial charge in [0.2, 0.25) is 5.91 Å². The van der Waals surface area contributed by atoms with Gasteiger partial charge in [0, 0.05) is 24.5 Å². The van der Waals surface area contributed by atoms with Crippen LogP contribution in [0.25, 0.3) is 0 Å². The summed E-state index contributed by atoms with van der Waals surface area (Å²) in [6, 6.07) is 21.8. The topological polar surface area (TPSA) is 58.6 Å². The summed E-state index contributed by atoms with van der Waals surface area (Å²) in [4.78, 5) is 28.3. The highest BCUT2D eigenvalue weighted by molar-refractivity contribution is 6.30. The lowest BCUT2D eigenvalue weighted by Gasteiger charge is -2.31. The number of carbonyl (C=O) groups is 2. The molecule has 3 aromatic rings. The maximum atomic E-state index is 14.1. The smallest absolute Gasteiger partial charge is 0.261 e. The van der Waals surface area contributed by atoms with Crippen molar-refractivity contribution in [3.8, 4) is 5.75 Å². The molecule has 0 spiro atoms. The third-order valence-corrected chi connectivity index (χ3v) is 5.77. The molecule has 3 rings (SSSR count). The van der Waals surface area contributed by atoms with Crippen molar-refractivity contribution in [3.05, 3.63) is 101 Å². The first-order valence-electron chi connectivity index (χ1n) is 11.7. The van der Waals surface area contributed by atoms with Gasteiger partial charge < -0.3 is 15.0 Å². The molecule has 3 aromatic carbocycles. The summed E-state index contributed by atoms with van der Waals surface area (Å²) in [5.41, 5.74) is 1.69. The minimum atomic E-state index is -0.787. The number of nitrogens with one attached hydrogen (secondary N) is 1. The number of amides is 2. The van der Waals surface area contributed by atoms with Gasteiger partial charge >= 0.3 is 0 Å². The zero-order chi connectivity index (χ0) is 25.0. The van der Waals surface area contributed by atoms with E-state index in [1.165, 1.54) is 17.0 Å². The van der Waals surface area contributed by atoms with Crippen molar-refractivity contribution in [2.75, 3.05) is 13.2 Å². The predicted molar refractivity (Wildman–Crippen MR) is 136 cm³/mol. The van der Waals surface area contributed by atoms with Crippen LogP contribution in [0, 0.1) is 5.82 Å². The summed E-state index contributed by atoms with van der Waals surface area (Å²) in [7, 11) is 0. The molecule has 0 aromatic heterocycles. The molecule has 0 aliphatic carbocycles. The number of rotatable bonds is 12. The molecule has 5 nitrogen and oxygen atoms in total. The van der Waals surface area contributed by atoms with Gasteiger partial charge in [0.15, 0.2) is 18.2 Å². The van der Waals surface area contributed by atoms with Gasteiger partial charge in [0.1, 0.15) is 6.04 Å². The SMILES string of the molecule is CCCCNC(=O)[C@@H](Cc1ccccc1)N(Cc1cccc(Cl)c1)C(=O)COc1ccccc1F. The number of halogens is 2. The third-order valence-electron chi connectivity index (χ3n) is 5.53. The van der Waals surface area contributed by atoms with Crippen molar-refractivity contribution in [2.24, 2.45) is 0 Å². The van der Waals surface area contributed by atoms with Gasteiger partial charge in [-0.1, -0.05) is 79.5 Å². The first-order valence-corrected chi connectivity index (χ1v) is 12.1. The molecule has 0 saturated carbocycles. The Hall–Kier alpha value is -3.38. The van der Waals surface area contributed by atoms with Crippen LogP contribution < -0.4 is 10.1 Å². The maximum absolute atomic E-state index is 14.1. The largest absolute Gasteiger partial charge is 0.481 e. The predicted octanol–water partition coefficient (Wildman–Crippen LogP) is 5.41. The minimum absolute atomic E-state index is 0.0180. The molecule has 7 heteroatoms. The standard InChI is InChI=1S/C28H30ClFN2O3/c1-2-3-16-31-28(34)25(18-21-10-5-4-6-11-21)32(19-22-12-9-13-23(29)17-22)27(33)20-35-26-15-8-7-14-24(26)30/h4-15,17,25H,2-3,16,18-20H2,1H3,(H,31,34)/t25-/m1/s1.